The molecule has 0 aromatic heterocycles. The molecule has 0 heterocycles. The van der Waals surface area contributed by atoms with Gasteiger partial charge in [0.25, 0.3) is 0 Å². The van der Waals surface area contributed by atoms with Gasteiger partial charge in [-0.25, -0.2) is 0 Å². The molecule has 0 atom stereocenters. The van der Waals surface area contributed by atoms with E-state index in [0.29, 0.717) is 23.9 Å². The Hall–Kier alpha value is -2.40. The average Bonchev–Trinajstić information content (AvgIpc) is 2.56. The minimum atomic E-state index is -0.409. The number of methoxy groups -OCH3 is 1. The first-order valence-corrected chi connectivity index (χ1v) is 7.99. The molecule has 0 unspecified atom stereocenters. The molecule has 0 bridgehead atoms. The van der Waals surface area contributed by atoms with Crippen LogP contribution in [0.25, 0.3) is 0 Å². The maximum atomic E-state index is 11.4. The summed E-state index contributed by atoms with van der Waals surface area (Å²) in [5.41, 5.74) is 7.22. The first-order chi connectivity index (χ1) is 11.5. The zero-order valence-electron chi connectivity index (χ0n) is 13.8. The number of nitrogens with zero attached hydrogens (tertiary/aromatic N) is 1. The molecule has 0 saturated carbocycles. The summed E-state index contributed by atoms with van der Waals surface area (Å²) < 4.78 is 10.6. The minimum Gasteiger partial charge on any atom is -0.495 e. The lowest BCUT2D eigenvalue weighted by Gasteiger charge is -2.24. The summed E-state index contributed by atoms with van der Waals surface area (Å²) in [6, 6.07) is 13.1. The van der Waals surface area contributed by atoms with Gasteiger partial charge in [-0.3, -0.25) is 4.79 Å². The first-order valence-electron chi connectivity index (χ1n) is 7.62. The molecular formula is C18H21ClN2O3. The van der Waals surface area contributed by atoms with Crippen LogP contribution in [0.3, 0.4) is 0 Å². The van der Waals surface area contributed by atoms with Crippen molar-refractivity contribution in [3.63, 3.8) is 0 Å². The third-order valence-corrected chi connectivity index (χ3v) is 3.75. The SMILES string of the molecule is CCOc1ccc(CN(CC(N)=O)c2ccc(OC)c(Cl)c2)cc1. The third kappa shape index (κ3) is 4.80. The van der Waals surface area contributed by atoms with Gasteiger partial charge in [-0.1, -0.05) is 23.7 Å². The van der Waals surface area contributed by atoms with Crippen molar-refractivity contribution in [3.05, 3.63) is 53.1 Å². The predicted molar refractivity (Wildman–Crippen MR) is 95.9 cm³/mol. The number of benzene rings is 2. The van der Waals surface area contributed by atoms with E-state index in [-0.39, 0.29) is 6.54 Å². The summed E-state index contributed by atoms with van der Waals surface area (Å²) in [7, 11) is 1.56. The lowest BCUT2D eigenvalue weighted by atomic mass is 10.2. The lowest BCUT2D eigenvalue weighted by molar-refractivity contribution is -0.116. The van der Waals surface area contributed by atoms with Crippen molar-refractivity contribution >= 4 is 23.2 Å². The number of amides is 1. The summed E-state index contributed by atoms with van der Waals surface area (Å²) in [5.74, 6) is 0.989. The van der Waals surface area contributed by atoms with Gasteiger partial charge in [0, 0.05) is 12.2 Å². The van der Waals surface area contributed by atoms with Crippen LogP contribution in [0.15, 0.2) is 42.5 Å². The van der Waals surface area contributed by atoms with Crippen LogP contribution >= 0.6 is 11.6 Å². The van der Waals surface area contributed by atoms with Crippen molar-refractivity contribution in [2.45, 2.75) is 13.5 Å². The highest BCUT2D eigenvalue weighted by molar-refractivity contribution is 6.32. The Morgan fingerprint density at radius 1 is 1.21 bits per heavy atom. The van der Waals surface area contributed by atoms with Gasteiger partial charge in [0.15, 0.2) is 0 Å². The van der Waals surface area contributed by atoms with Crippen LogP contribution in [0, 0.1) is 0 Å². The molecule has 2 N–H and O–H groups in total. The molecule has 24 heavy (non-hydrogen) atoms. The zero-order chi connectivity index (χ0) is 17.5. The standard InChI is InChI=1S/C18H21ClN2O3/c1-3-24-15-7-4-13(5-8-15)11-21(12-18(20)22)14-6-9-17(23-2)16(19)10-14/h4-10H,3,11-12H2,1-2H3,(H2,20,22). The number of halogens is 1. The molecule has 1 amide bonds. The topological polar surface area (TPSA) is 64.8 Å². The van der Waals surface area contributed by atoms with Crippen molar-refractivity contribution in [1.29, 1.82) is 0 Å². The van der Waals surface area contributed by atoms with Crippen LogP contribution in [0.1, 0.15) is 12.5 Å². The van der Waals surface area contributed by atoms with E-state index >= 15 is 0 Å². The summed E-state index contributed by atoms with van der Waals surface area (Å²) >= 11 is 6.18. The number of ether oxygens (including phenoxy) is 2. The largest absolute Gasteiger partial charge is 0.495 e. The van der Waals surface area contributed by atoms with E-state index < -0.39 is 5.91 Å². The molecule has 0 aliphatic carbocycles. The van der Waals surface area contributed by atoms with Crippen molar-refractivity contribution in [2.24, 2.45) is 5.73 Å². The van der Waals surface area contributed by atoms with E-state index in [1.54, 1.807) is 19.2 Å². The Morgan fingerprint density at radius 3 is 2.46 bits per heavy atom. The molecule has 0 saturated heterocycles. The number of nitrogens with two attached hydrogens (primary N) is 1. The van der Waals surface area contributed by atoms with Crippen molar-refractivity contribution in [2.75, 3.05) is 25.2 Å². The van der Waals surface area contributed by atoms with Gasteiger partial charge in [0.05, 0.1) is 25.3 Å². The fourth-order valence-corrected chi connectivity index (χ4v) is 2.61. The fraction of sp³-hybridized carbons (Fsp3) is 0.278. The predicted octanol–water partition coefficient (Wildman–Crippen LogP) is 3.24. The second kappa shape index (κ2) is 8.45. The number of hydrogen-bond donors (Lipinski definition) is 1. The smallest absolute Gasteiger partial charge is 0.236 e. The van der Waals surface area contributed by atoms with E-state index in [1.165, 1.54) is 0 Å². The van der Waals surface area contributed by atoms with E-state index in [0.717, 1.165) is 17.0 Å². The van der Waals surface area contributed by atoms with Crippen LogP contribution in [0.4, 0.5) is 5.69 Å². The van der Waals surface area contributed by atoms with E-state index in [9.17, 15) is 4.79 Å². The van der Waals surface area contributed by atoms with E-state index in [2.05, 4.69) is 0 Å². The zero-order valence-corrected chi connectivity index (χ0v) is 14.5. The summed E-state index contributed by atoms with van der Waals surface area (Å²) in [6.45, 7) is 3.18. The molecule has 0 aliphatic heterocycles. The molecule has 2 rings (SSSR count). The highest BCUT2D eigenvalue weighted by Crippen LogP contribution is 2.30. The van der Waals surface area contributed by atoms with Crippen molar-refractivity contribution in [3.8, 4) is 11.5 Å². The Bertz CT molecular complexity index is 689. The number of rotatable bonds is 8. The van der Waals surface area contributed by atoms with Gasteiger partial charge in [-0.15, -0.1) is 0 Å². The maximum absolute atomic E-state index is 11.4. The minimum absolute atomic E-state index is 0.0931. The van der Waals surface area contributed by atoms with Gasteiger partial charge in [0.1, 0.15) is 11.5 Å². The molecular weight excluding hydrogens is 328 g/mol. The molecule has 0 fully saturated rings. The van der Waals surface area contributed by atoms with Crippen molar-refractivity contribution < 1.29 is 14.3 Å². The third-order valence-electron chi connectivity index (χ3n) is 3.46. The van der Waals surface area contributed by atoms with E-state index in [1.807, 2.05) is 42.2 Å². The molecule has 0 radical (unpaired) electrons. The number of carbonyl (C=O) groups is 1. The highest BCUT2D eigenvalue weighted by atomic mass is 35.5. The van der Waals surface area contributed by atoms with Crippen molar-refractivity contribution in [1.82, 2.24) is 0 Å². The molecule has 2 aromatic carbocycles. The monoisotopic (exact) mass is 348 g/mol. The number of primary amides is 1. The number of anilines is 1. The Balaban J connectivity index is 2.21. The highest BCUT2D eigenvalue weighted by Gasteiger charge is 2.13. The Labute approximate surface area is 146 Å². The van der Waals surface area contributed by atoms with Gasteiger partial charge >= 0.3 is 0 Å². The van der Waals surface area contributed by atoms with Crippen LogP contribution in [-0.4, -0.2) is 26.2 Å². The maximum Gasteiger partial charge on any atom is 0.236 e. The molecule has 128 valence electrons. The summed E-state index contributed by atoms with van der Waals surface area (Å²) in [5, 5.41) is 0.483. The number of hydrogen-bond acceptors (Lipinski definition) is 4. The van der Waals surface area contributed by atoms with Gasteiger partial charge < -0.3 is 20.1 Å². The molecule has 2 aromatic rings. The average molecular weight is 349 g/mol. The Kier molecular flexibility index (Phi) is 6.32. The van der Waals surface area contributed by atoms with Crippen LogP contribution in [0.5, 0.6) is 11.5 Å². The quantitative estimate of drug-likeness (QED) is 0.795. The van der Waals surface area contributed by atoms with Crippen LogP contribution in [0.2, 0.25) is 5.02 Å². The molecule has 0 aliphatic rings. The summed E-state index contributed by atoms with van der Waals surface area (Å²) in [6.07, 6.45) is 0. The second-order valence-electron chi connectivity index (χ2n) is 5.22. The second-order valence-corrected chi connectivity index (χ2v) is 5.63. The Morgan fingerprint density at radius 2 is 1.92 bits per heavy atom. The molecule has 6 heteroatoms. The summed E-state index contributed by atoms with van der Waals surface area (Å²) in [4.78, 5) is 13.3. The van der Waals surface area contributed by atoms with Gasteiger partial charge in [-0.2, -0.15) is 0 Å². The van der Waals surface area contributed by atoms with Gasteiger partial charge in [0.2, 0.25) is 5.91 Å². The molecule has 5 nitrogen and oxygen atoms in total. The van der Waals surface area contributed by atoms with Gasteiger partial charge in [-0.05, 0) is 42.8 Å². The lowest BCUT2D eigenvalue weighted by Crippen LogP contribution is -2.33. The number of carbonyl (C=O) groups excluding carboxylic acids is 1. The molecule has 0 spiro atoms. The normalized spacial score (nSPS) is 10.3. The fourth-order valence-electron chi connectivity index (χ4n) is 2.36. The van der Waals surface area contributed by atoms with E-state index in [4.69, 9.17) is 26.8 Å². The van der Waals surface area contributed by atoms with Crippen LogP contribution in [-0.2, 0) is 11.3 Å². The van der Waals surface area contributed by atoms with Crippen LogP contribution < -0.4 is 20.1 Å². The first kappa shape index (κ1) is 17.9.